The fraction of sp³-hybridized carbons (Fsp3) is 0.933. The van der Waals surface area contributed by atoms with Crippen molar-refractivity contribution < 1.29 is 14.9 Å². The smallest absolute Gasteiger partial charge is 0.111 e. The molecule has 0 amide bonds. The Labute approximate surface area is 202 Å². The Balaban J connectivity index is 1.37. The standard InChI is InChI=1S/C30H50O3/c1-20(8-7-14-30(32)18-33-19-30)21-11-16-29(6)23-9-10-24-26(2,3)25(31)13-15-27(24,4)22(23)12-17-28(21,29)5/h20-21,24-25,31-32H,7-19H2,1-6H3/t20-,21-,24+,25+,27-,28-,29+/m1/s1. The van der Waals surface area contributed by atoms with Crippen LogP contribution in [0.25, 0.3) is 0 Å². The van der Waals surface area contributed by atoms with Crippen molar-refractivity contribution in [3.8, 4) is 0 Å². The van der Waals surface area contributed by atoms with E-state index in [1.54, 1.807) is 0 Å². The second-order valence-electron chi connectivity index (χ2n) is 14.3. The van der Waals surface area contributed by atoms with Crippen molar-refractivity contribution in [1.82, 2.24) is 0 Å². The molecule has 0 spiro atoms. The van der Waals surface area contributed by atoms with Crippen molar-refractivity contribution in [1.29, 1.82) is 0 Å². The summed E-state index contributed by atoms with van der Waals surface area (Å²) in [5.41, 5.74) is 4.17. The molecule has 2 N–H and O–H groups in total. The zero-order chi connectivity index (χ0) is 23.9. The minimum absolute atomic E-state index is 0.0233. The lowest BCUT2D eigenvalue weighted by atomic mass is 9.43. The number of hydrogen-bond donors (Lipinski definition) is 2. The van der Waals surface area contributed by atoms with Crippen LogP contribution >= 0.6 is 0 Å². The Morgan fingerprint density at radius 2 is 1.67 bits per heavy atom. The van der Waals surface area contributed by atoms with Crippen molar-refractivity contribution in [3.63, 3.8) is 0 Å². The van der Waals surface area contributed by atoms with Crippen LogP contribution in [-0.4, -0.2) is 35.1 Å². The fourth-order valence-corrected chi connectivity index (χ4v) is 10.1. The zero-order valence-electron chi connectivity index (χ0n) is 22.3. The van der Waals surface area contributed by atoms with Crippen LogP contribution in [0, 0.1) is 39.4 Å². The summed E-state index contributed by atoms with van der Waals surface area (Å²) >= 11 is 0. The first-order valence-electron chi connectivity index (χ1n) is 14.1. The van der Waals surface area contributed by atoms with Gasteiger partial charge in [-0.2, -0.15) is 0 Å². The highest BCUT2D eigenvalue weighted by Crippen LogP contribution is 2.72. The predicted molar refractivity (Wildman–Crippen MR) is 134 cm³/mol. The van der Waals surface area contributed by atoms with E-state index in [-0.39, 0.29) is 16.9 Å². The van der Waals surface area contributed by atoms with Gasteiger partial charge in [-0.3, -0.25) is 0 Å². The van der Waals surface area contributed by atoms with Crippen LogP contribution in [0.5, 0.6) is 0 Å². The summed E-state index contributed by atoms with van der Waals surface area (Å²) in [6.45, 7) is 16.1. The van der Waals surface area contributed by atoms with E-state index in [0.29, 0.717) is 30.0 Å². The van der Waals surface area contributed by atoms with Crippen molar-refractivity contribution in [2.75, 3.05) is 13.2 Å². The number of aliphatic hydroxyl groups is 2. The SMILES string of the molecule is C[C@H](CCCC1(O)COC1)[C@H]1CC[C@@]2(C)C3=C(CC[C@]12C)[C@@]1(C)CC[C@H](O)C(C)(C)[C@@H]1CC3. The molecular weight excluding hydrogens is 408 g/mol. The molecule has 0 aromatic rings. The molecule has 1 saturated heterocycles. The van der Waals surface area contributed by atoms with Crippen LogP contribution in [0.3, 0.4) is 0 Å². The highest BCUT2D eigenvalue weighted by atomic mass is 16.5. The first-order valence-corrected chi connectivity index (χ1v) is 14.1. The molecule has 1 aliphatic heterocycles. The molecule has 7 atom stereocenters. The highest BCUT2D eigenvalue weighted by Gasteiger charge is 2.63. The fourth-order valence-electron chi connectivity index (χ4n) is 10.1. The van der Waals surface area contributed by atoms with Crippen molar-refractivity contribution in [2.24, 2.45) is 39.4 Å². The Bertz CT molecular complexity index is 809. The summed E-state index contributed by atoms with van der Waals surface area (Å²) in [7, 11) is 0. The topological polar surface area (TPSA) is 49.7 Å². The first-order chi connectivity index (χ1) is 15.4. The number of ether oxygens (including phenoxy) is 1. The minimum Gasteiger partial charge on any atom is -0.393 e. The third-order valence-electron chi connectivity index (χ3n) is 12.5. The average molecular weight is 459 g/mol. The lowest BCUT2D eigenvalue weighted by Crippen LogP contribution is -2.55. The average Bonchev–Trinajstić information content (AvgIpc) is 3.01. The first kappa shape index (κ1) is 24.3. The van der Waals surface area contributed by atoms with Crippen LogP contribution in [-0.2, 0) is 4.74 Å². The van der Waals surface area contributed by atoms with Gasteiger partial charge >= 0.3 is 0 Å². The van der Waals surface area contributed by atoms with Gasteiger partial charge in [0.2, 0.25) is 0 Å². The second-order valence-corrected chi connectivity index (χ2v) is 14.3. The molecule has 188 valence electrons. The van der Waals surface area contributed by atoms with E-state index in [1.807, 2.05) is 11.1 Å². The minimum atomic E-state index is -0.534. The lowest BCUT2D eigenvalue weighted by molar-refractivity contribution is -0.182. The van der Waals surface area contributed by atoms with Crippen LogP contribution in [0.15, 0.2) is 11.1 Å². The van der Waals surface area contributed by atoms with Gasteiger partial charge in [-0.05, 0) is 97.2 Å². The number of allylic oxidation sites excluding steroid dienone is 2. The summed E-state index contributed by atoms with van der Waals surface area (Å²) in [6, 6.07) is 0. The van der Waals surface area contributed by atoms with E-state index >= 15 is 0 Å². The van der Waals surface area contributed by atoms with Gasteiger partial charge in [-0.15, -0.1) is 0 Å². The molecule has 5 rings (SSSR count). The van der Waals surface area contributed by atoms with Gasteiger partial charge in [0, 0.05) is 0 Å². The van der Waals surface area contributed by atoms with E-state index < -0.39 is 5.60 Å². The van der Waals surface area contributed by atoms with Gasteiger partial charge in [-0.1, -0.05) is 65.5 Å². The molecule has 33 heavy (non-hydrogen) atoms. The van der Waals surface area contributed by atoms with E-state index in [9.17, 15) is 10.2 Å². The van der Waals surface area contributed by atoms with Crippen molar-refractivity contribution in [3.05, 3.63) is 11.1 Å². The number of aliphatic hydroxyl groups excluding tert-OH is 1. The number of hydrogen-bond acceptors (Lipinski definition) is 3. The Kier molecular flexibility index (Phi) is 5.75. The Hall–Kier alpha value is -0.380. The molecular formula is C30H50O3. The molecule has 5 aliphatic rings. The third kappa shape index (κ3) is 3.38. The number of rotatable bonds is 5. The molecule has 0 bridgehead atoms. The zero-order valence-corrected chi connectivity index (χ0v) is 22.3. The van der Waals surface area contributed by atoms with E-state index in [0.717, 1.165) is 31.1 Å². The molecule has 0 aromatic carbocycles. The van der Waals surface area contributed by atoms with Gasteiger partial charge in [0.1, 0.15) is 5.60 Å². The monoisotopic (exact) mass is 458 g/mol. The Morgan fingerprint density at radius 1 is 0.939 bits per heavy atom. The van der Waals surface area contributed by atoms with Gasteiger partial charge in [0.25, 0.3) is 0 Å². The highest BCUT2D eigenvalue weighted by molar-refractivity contribution is 5.38. The largest absolute Gasteiger partial charge is 0.393 e. The van der Waals surface area contributed by atoms with Crippen molar-refractivity contribution >= 4 is 0 Å². The molecule has 3 heteroatoms. The Morgan fingerprint density at radius 3 is 2.33 bits per heavy atom. The lowest BCUT2D eigenvalue weighted by Gasteiger charge is -2.62. The summed E-state index contributed by atoms with van der Waals surface area (Å²) < 4.78 is 5.24. The molecule has 0 aromatic heterocycles. The molecule has 2 saturated carbocycles. The molecule has 1 heterocycles. The third-order valence-corrected chi connectivity index (χ3v) is 12.5. The summed E-state index contributed by atoms with van der Waals surface area (Å²) in [5, 5.41) is 21.2. The summed E-state index contributed by atoms with van der Waals surface area (Å²) in [6.07, 6.45) is 13.1. The molecule has 0 unspecified atom stereocenters. The van der Waals surface area contributed by atoms with Crippen LogP contribution in [0.1, 0.15) is 112 Å². The van der Waals surface area contributed by atoms with Gasteiger partial charge < -0.3 is 14.9 Å². The maximum Gasteiger partial charge on any atom is 0.111 e. The van der Waals surface area contributed by atoms with Crippen molar-refractivity contribution in [2.45, 2.75) is 124 Å². The summed E-state index contributed by atoms with van der Waals surface area (Å²) in [5.74, 6) is 2.12. The van der Waals surface area contributed by atoms with Gasteiger partial charge in [-0.25, -0.2) is 0 Å². The van der Waals surface area contributed by atoms with E-state index in [4.69, 9.17) is 4.74 Å². The van der Waals surface area contributed by atoms with Crippen LogP contribution in [0.2, 0.25) is 0 Å². The molecule has 3 nitrogen and oxygen atoms in total. The van der Waals surface area contributed by atoms with Gasteiger partial charge in [0.15, 0.2) is 0 Å². The molecule has 0 radical (unpaired) electrons. The quantitative estimate of drug-likeness (QED) is 0.453. The van der Waals surface area contributed by atoms with E-state index in [1.165, 1.54) is 51.4 Å². The van der Waals surface area contributed by atoms with Crippen LogP contribution < -0.4 is 0 Å². The number of fused-ring (bicyclic) bond motifs is 4. The predicted octanol–water partition coefficient (Wildman–Crippen LogP) is 6.66. The molecule has 4 aliphatic carbocycles. The van der Waals surface area contributed by atoms with Gasteiger partial charge in [0.05, 0.1) is 19.3 Å². The molecule has 3 fully saturated rings. The maximum atomic E-state index is 10.8. The second kappa shape index (κ2) is 7.81. The maximum absolute atomic E-state index is 10.8. The summed E-state index contributed by atoms with van der Waals surface area (Å²) in [4.78, 5) is 0. The normalized spacial score (nSPS) is 46.7. The van der Waals surface area contributed by atoms with Crippen LogP contribution in [0.4, 0.5) is 0 Å². The van der Waals surface area contributed by atoms with E-state index in [2.05, 4.69) is 41.5 Å².